The van der Waals surface area contributed by atoms with E-state index in [1.165, 1.54) is 29.2 Å². The largest absolute Gasteiger partial charge is 0.352 e. The van der Waals surface area contributed by atoms with E-state index < -0.39 is 39.3 Å². The molecule has 13 heteroatoms. The number of hydrogen-bond donors (Lipinski definition) is 1. The van der Waals surface area contributed by atoms with E-state index in [0.29, 0.717) is 10.6 Å². The molecule has 0 fully saturated rings. The lowest BCUT2D eigenvalue weighted by Gasteiger charge is -2.33. The molecule has 0 unspecified atom stereocenters. The Labute approximate surface area is 220 Å². The van der Waals surface area contributed by atoms with Gasteiger partial charge in [-0.3, -0.25) is 24.0 Å². The first kappa shape index (κ1) is 29.3. The summed E-state index contributed by atoms with van der Waals surface area (Å²) in [7, 11) is -4.03. The van der Waals surface area contributed by atoms with E-state index in [1.54, 1.807) is 32.9 Å². The molecular formula is C23H28Cl2N4O6S. The van der Waals surface area contributed by atoms with Gasteiger partial charge in [0, 0.05) is 34.8 Å². The number of anilines is 1. The lowest BCUT2D eigenvalue weighted by atomic mass is 10.1. The fourth-order valence-electron chi connectivity index (χ4n) is 3.51. The van der Waals surface area contributed by atoms with Crippen molar-refractivity contribution in [1.29, 1.82) is 0 Å². The number of nitro benzene ring substituents is 1. The van der Waals surface area contributed by atoms with Gasteiger partial charge in [0.05, 0.1) is 16.9 Å². The molecule has 0 bridgehead atoms. The van der Waals surface area contributed by atoms with E-state index in [0.717, 1.165) is 16.6 Å². The zero-order valence-corrected chi connectivity index (χ0v) is 22.6. The third-order valence-electron chi connectivity index (χ3n) is 5.18. The van der Waals surface area contributed by atoms with Crippen LogP contribution in [0.15, 0.2) is 42.5 Å². The van der Waals surface area contributed by atoms with Gasteiger partial charge in [-0.1, -0.05) is 42.3 Å². The third kappa shape index (κ3) is 7.81. The van der Waals surface area contributed by atoms with Crippen molar-refractivity contribution in [3.8, 4) is 0 Å². The Hall–Kier alpha value is -2.89. The summed E-state index contributed by atoms with van der Waals surface area (Å²) in [4.78, 5) is 38.4. The number of carbonyl (C=O) groups is 2. The average molecular weight is 559 g/mol. The highest BCUT2D eigenvalue weighted by molar-refractivity contribution is 7.92. The lowest BCUT2D eigenvalue weighted by Crippen LogP contribution is -2.53. The number of nitrogens with zero attached hydrogens (tertiary/aromatic N) is 3. The number of amides is 2. The van der Waals surface area contributed by atoms with Crippen molar-refractivity contribution >= 4 is 56.4 Å². The van der Waals surface area contributed by atoms with Crippen LogP contribution in [0.3, 0.4) is 0 Å². The number of nitrogens with one attached hydrogen (secondary N) is 1. The summed E-state index contributed by atoms with van der Waals surface area (Å²) in [5.74, 6) is -1.10. The second-order valence-electron chi connectivity index (χ2n) is 8.39. The van der Waals surface area contributed by atoms with Crippen LogP contribution in [0.4, 0.5) is 11.4 Å². The molecule has 2 aromatic carbocycles. The van der Waals surface area contributed by atoms with Crippen molar-refractivity contribution in [3.05, 3.63) is 68.2 Å². The second kappa shape index (κ2) is 12.4. The minimum atomic E-state index is -4.03. The lowest BCUT2D eigenvalue weighted by molar-refractivity contribution is -0.384. The van der Waals surface area contributed by atoms with Crippen LogP contribution in [0.2, 0.25) is 10.0 Å². The summed E-state index contributed by atoms with van der Waals surface area (Å²) in [6.07, 6.45) is 1.13. The molecule has 0 radical (unpaired) electrons. The Morgan fingerprint density at radius 2 is 1.81 bits per heavy atom. The standard InChI is InChI=1S/C23H28Cl2N4O6S/c1-5-21(23(31)26-15(2)3)27(13-16-9-10-17(24)11-20(16)25)22(30)14-28(36(4,34)35)18-7-6-8-19(12-18)29(32)33/h6-12,15,21H,5,13-14H2,1-4H3,(H,26,31)/t21-/m1/s1. The van der Waals surface area contributed by atoms with Gasteiger partial charge < -0.3 is 10.2 Å². The van der Waals surface area contributed by atoms with E-state index in [4.69, 9.17) is 23.2 Å². The van der Waals surface area contributed by atoms with E-state index in [1.807, 2.05) is 0 Å². The number of carbonyl (C=O) groups excluding carboxylic acids is 2. The molecule has 0 aliphatic carbocycles. The van der Waals surface area contributed by atoms with Crippen LogP contribution >= 0.6 is 23.2 Å². The maximum absolute atomic E-state index is 13.6. The molecular weight excluding hydrogens is 531 g/mol. The van der Waals surface area contributed by atoms with Gasteiger partial charge in [-0.05, 0) is 44.0 Å². The second-order valence-corrected chi connectivity index (χ2v) is 11.1. The SMILES string of the molecule is CC[C@H](C(=O)NC(C)C)N(Cc1ccc(Cl)cc1Cl)C(=O)CN(c1cccc([N+](=O)[O-])c1)S(C)(=O)=O. The summed E-state index contributed by atoms with van der Waals surface area (Å²) in [5.41, 5.74) is 0.122. The van der Waals surface area contributed by atoms with Crippen molar-refractivity contribution in [2.45, 2.75) is 45.8 Å². The van der Waals surface area contributed by atoms with Gasteiger partial charge in [0.15, 0.2) is 0 Å². The first-order chi connectivity index (χ1) is 16.7. The number of sulfonamides is 1. The smallest absolute Gasteiger partial charge is 0.271 e. The number of nitro groups is 1. The Morgan fingerprint density at radius 3 is 2.33 bits per heavy atom. The maximum Gasteiger partial charge on any atom is 0.271 e. The van der Waals surface area contributed by atoms with Crippen LogP contribution in [0, 0.1) is 10.1 Å². The maximum atomic E-state index is 13.6. The predicted octanol–water partition coefficient (Wildman–Crippen LogP) is 4.00. The summed E-state index contributed by atoms with van der Waals surface area (Å²) in [5, 5.41) is 14.6. The minimum absolute atomic E-state index is 0.0517. The summed E-state index contributed by atoms with van der Waals surface area (Å²) in [6, 6.07) is 8.54. The molecule has 1 N–H and O–H groups in total. The van der Waals surface area contributed by atoms with Gasteiger partial charge in [-0.2, -0.15) is 0 Å². The molecule has 0 saturated heterocycles. The number of non-ortho nitro benzene ring substituents is 1. The Morgan fingerprint density at radius 1 is 1.14 bits per heavy atom. The Balaban J connectivity index is 2.51. The average Bonchev–Trinajstić information content (AvgIpc) is 2.77. The molecule has 2 amide bonds. The van der Waals surface area contributed by atoms with Gasteiger partial charge in [0.25, 0.3) is 5.69 Å². The predicted molar refractivity (Wildman–Crippen MR) is 140 cm³/mol. The van der Waals surface area contributed by atoms with Crippen LogP contribution in [-0.2, 0) is 26.2 Å². The normalized spacial score (nSPS) is 12.2. The van der Waals surface area contributed by atoms with Crippen molar-refractivity contribution in [2.24, 2.45) is 0 Å². The summed E-state index contributed by atoms with van der Waals surface area (Å²) < 4.78 is 26.0. The van der Waals surface area contributed by atoms with Crippen LogP contribution in [-0.4, -0.2) is 54.9 Å². The number of halogens is 2. The van der Waals surface area contributed by atoms with Crippen LogP contribution in [0.1, 0.15) is 32.8 Å². The number of rotatable bonds is 11. The van der Waals surface area contributed by atoms with Gasteiger partial charge in [-0.25, -0.2) is 8.42 Å². The van der Waals surface area contributed by atoms with Crippen molar-refractivity contribution in [3.63, 3.8) is 0 Å². The minimum Gasteiger partial charge on any atom is -0.352 e. The molecule has 0 aliphatic heterocycles. The molecule has 196 valence electrons. The number of hydrogen-bond acceptors (Lipinski definition) is 6. The van der Waals surface area contributed by atoms with Crippen LogP contribution in [0.25, 0.3) is 0 Å². The first-order valence-corrected chi connectivity index (χ1v) is 13.6. The molecule has 0 heterocycles. The molecule has 2 rings (SSSR count). The van der Waals surface area contributed by atoms with E-state index in [9.17, 15) is 28.1 Å². The zero-order chi connectivity index (χ0) is 27.2. The molecule has 36 heavy (non-hydrogen) atoms. The Bertz CT molecular complexity index is 1240. The van der Waals surface area contributed by atoms with Gasteiger partial charge >= 0.3 is 0 Å². The molecule has 0 aliphatic rings. The Kier molecular flexibility index (Phi) is 10.1. The molecule has 10 nitrogen and oxygen atoms in total. The summed E-state index contributed by atoms with van der Waals surface area (Å²) >= 11 is 12.3. The molecule has 1 atom stereocenters. The van der Waals surface area contributed by atoms with Crippen LogP contribution in [0.5, 0.6) is 0 Å². The van der Waals surface area contributed by atoms with E-state index >= 15 is 0 Å². The summed E-state index contributed by atoms with van der Waals surface area (Å²) in [6.45, 7) is 4.51. The molecule has 0 spiro atoms. The van der Waals surface area contributed by atoms with Crippen LogP contribution < -0.4 is 9.62 Å². The highest BCUT2D eigenvalue weighted by Gasteiger charge is 2.32. The topological polar surface area (TPSA) is 130 Å². The fourth-order valence-corrected chi connectivity index (χ4v) is 4.82. The van der Waals surface area contributed by atoms with Gasteiger partial charge in [-0.15, -0.1) is 0 Å². The molecule has 0 aromatic heterocycles. The quantitative estimate of drug-likeness (QED) is 0.327. The molecule has 2 aromatic rings. The van der Waals surface area contributed by atoms with Crippen molar-refractivity contribution in [2.75, 3.05) is 17.1 Å². The zero-order valence-electron chi connectivity index (χ0n) is 20.3. The molecule has 0 saturated carbocycles. The third-order valence-corrected chi connectivity index (χ3v) is 6.91. The van der Waals surface area contributed by atoms with Crippen molar-refractivity contribution in [1.82, 2.24) is 10.2 Å². The van der Waals surface area contributed by atoms with Gasteiger partial charge in [0.1, 0.15) is 12.6 Å². The number of benzene rings is 2. The monoisotopic (exact) mass is 558 g/mol. The fraction of sp³-hybridized carbons (Fsp3) is 0.391. The van der Waals surface area contributed by atoms with E-state index in [-0.39, 0.29) is 35.4 Å². The highest BCUT2D eigenvalue weighted by atomic mass is 35.5. The highest BCUT2D eigenvalue weighted by Crippen LogP contribution is 2.26. The first-order valence-electron chi connectivity index (χ1n) is 11.0. The van der Waals surface area contributed by atoms with E-state index in [2.05, 4.69) is 5.32 Å². The van der Waals surface area contributed by atoms with Gasteiger partial charge in [0.2, 0.25) is 21.8 Å². The van der Waals surface area contributed by atoms with Crippen molar-refractivity contribution < 1.29 is 22.9 Å².